The minimum Gasteiger partial charge on any atom is -0.457 e. The van der Waals surface area contributed by atoms with Crippen LogP contribution in [-0.2, 0) is 19.1 Å². The largest absolute Gasteiger partial charge is 0.457 e. The average molecular weight is 298 g/mol. The van der Waals surface area contributed by atoms with Crippen molar-refractivity contribution in [3.8, 4) is 0 Å². The van der Waals surface area contributed by atoms with Crippen molar-refractivity contribution in [1.82, 2.24) is 0 Å². The molecule has 21 heavy (non-hydrogen) atoms. The van der Waals surface area contributed by atoms with Gasteiger partial charge in [-0.05, 0) is 18.3 Å². The third kappa shape index (κ3) is 2.61. The Hall–Kier alpha value is -0.940. The molecule has 0 amide bonds. The summed E-state index contributed by atoms with van der Waals surface area (Å²) in [6, 6.07) is 0. The van der Waals surface area contributed by atoms with Gasteiger partial charge in [-0.15, -0.1) is 0 Å². The SMILES string of the molecule is CCC(=O)C1(C)CCC(C(=O)OC2COCC2O)C1(C)C. The molecule has 1 saturated heterocycles. The summed E-state index contributed by atoms with van der Waals surface area (Å²) < 4.78 is 10.5. The van der Waals surface area contributed by atoms with Crippen LogP contribution in [0.5, 0.6) is 0 Å². The molecule has 1 N–H and O–H groups in total. The normalized spacial score (nSPS) is 38.4. The van der Waals surface area contributed by atoms with Gasteiger partial charge in [0.2, 0.25) is 0 Å². The molecule has 1 saturated carbocycles. The van der Waals surface area contributed by atoms with Crippen molar-refractivity contribution >= 4 is 11.8 Å². The van der Waals surface area contributed by atoms with Crippen molar-refractivity contribution in [3.05, 3.63) is 0 Å². The van der Waals surface area contributed by atoms with Crippen LogP contribution in [0, 0.1) is 16.7 Å². The Balaban J connectivity index is 2.10. The number of rotatable bonds is 4. The van der Waals surface area contributed by atoms with E-state index in [1.165, 1.54) is 0 Å². The monoisotopic (exact) mass is 298 g/mol. The molecule has 0 bridgehead atoms. The maximum Gasteiger partial charge on any atom is 0.309 e. The highest BCUT2D eigenvalue weighted by molar-refractivity contribution is 5.87. The Morgan fingerprint density at radius 3 is 2.48 bits per heavy atom. The molecule has 5 nitrogen and oxygen atoms in total. The molecule has 1 heterocycles. The highest BCUT2D eigenvalue weighted by Gasteiger charge is 2.57. The predicted octanol–water partition coefficient (Wildman–Crippen LogP) is 1.71. The molecule has 2 aliphatic rings. The van der Waals surface area contributed by atoms with E-state index in [0.29, 0.717) is 19.3 Å². The molecular weight excluding hydrogens is 272 g/mol. The second-order valence-corrected chi connectivity index (χ2v) is 7.00. The maximum atomic E-state index is 12.5. The van der Waals surface area contributed by atoms with E-state index in [1.54, 1.807) is 0 Å². The summed E-state index contributed by atoms with van der Waals surface area (Å²) in [5.74, 6) is -0.431. The van der Waals surface area contributed by atoms with Crippen LogP contribution in [0.3, 0.4) is 0 Å². The Labute approximate surface area is 126 Å². The summed E-state index contributed by atoms with van der Waals surface area (Å²) in [5, 5.41) is 9.68. The van der Waals surface area contributed by atoms with Crippen LogP contribution < -0.4 is 0 Å². The second kappa shape index (κ2) is 5.69. The number of Topliss-reactive ketones (excluding diaryl/α,β-unsaturated/α-hetero) is 1. The van der Waals surface area contributed by atoms with Crippen molar-refractivity contribution in [3.63, 3.8) is 0 Å². The van der Waals surface area contributed by atoms with Crippen molar-refractivity contribution < 1.29 is 24.2 Å². The van der Waals surface area contributed by atoms with Crippen molar-refractivity contribution in [1.29, 1.82) is 0 Å². The predicted molar refractivity (Wildman–Crippen MR) is 76.6 cm³/mol. The summed E-state index contributed by atoms with van der Waals surface area (Å²) in [4.78, 5) is 24.8. The lowest BCUT2D eigenvalue weighted by Gasteiger charge is -2.39. The van der Waals surface area contributed by atoms with E-state index < -0.39 is 23.0 Å². The third-order valence-electron chi connectivity index (χ3n) is 5.71. The molecule has 0 aromatic rings. The standard InChI is InChI=1S/C16H26O5/c1-5-13(18)16(4)7-6-10(15(16,2)3)14(19)21-12-9-20-8-11(12)17/h10-12,17H,5-9H2,1-4H3. The van der Waals surface area contributed by atoms with E-state index in [4.69, 9.17) is 9.47 Å². The zero-order chi connectivity index (χ0) is 15.8. The molecule has 5 heteroatoms. The van der Waals surface area contributed by atoms with Gasteiger partial charge >= 0.3 is 5.97 Å². The molecule has 4 unspecified atom stereocenters. The summed E-state index contributed by atoms with van der Waals surface area (Å²) >= 11 is 0. The lowest BCUT2D eigenvalue weighted by atomic mass is 9.63. The fourth-order valence-electron chi connectivity index (χ4n) is 3.67. The number of aliphatic hydroxyl groups excluding tert-OH is 1. The zero-order valence-electron chi connectivity index (χ0n) is 13.3. The molecule has 0 spiro atoms. The minimum absolute atomic E-state index is 0.201. The first kappa shape index (κ1) is 16.4. The molecule has 2 fully saturated rings. The lowest BCUT2D eigenvalue weighted by molar-refractivity contribution is -0.163. The number of esters is 1. The molecule has 0 aromatic heterocycles. The molecule has 2 rings (SSSR count). The number of ether oxygens (including phenoxy) is 2. The van der Waals surface area contributed by atoms with Gasteiger partial charge in [-0.1, -0.05) is 27.7 Å². The van der Waals surface area contributed by atoms with Gasteiger partial charge in [0.05, 0.1) is 19.1 Å². The van der Waals surface area contributed by atoms with E-state index in [0.717, 1.165) is 0 Å². The van der Waals surface area contributed by atoms with Crippen LogP contribution in [-0.4, -0.2) is 42.3 Å². The molecule has 120 valence electrons. The number of hydrogen-bond acceptors (Lipinski definition) is 5. The van der Waals surface area contributed by atoms with Crippen LogP contribution in [0.15, 0.2) is 0 Å². The summed E-state index contributed by atoms with van der Waals surface area (Å²) in [5.41, 5.74) is -0.933. The number of aliphatic hydroxyl groups is 1. The average Bonchev–Trinajstić information content (AvgIpc) is 2.92. The molecule has 1 aliphatic carbocycles. The van der Waals surface area contributed by atoms with Crippen molar-refractivity contribution in [2.45, 2.75) is 59.2 Å². The molecule has 4 atom stereocenters. The first-order valence-electron chi connectivity index (χ1n) is 7.73. The quantitative estimate of drug-likeness (QED) is 0.800. The van der Waals surface area contributed by atoms with Gasteiger partial charge in [-0.25, -0.2) is 0 Å². The van der Waals surface area contributed by atoms with Crippen molar-refractivity contribution in [2.24, 2.45) is 16.7 Å². The number of hydrogen-bond donors (Lipinski definition) is 1. The van der Waals surface area contributed by atoms with Gasteiger partial charge in [0.15, 0.2) is 6.10 Å². The third-order valence-corrected chi connectivity index (χ3v) is 5.71. The summed E-state index contributed by atoms with van der Waals surface area (Å²) in [6.07, 6.45) is 0.509. The lowest BCUT2D eigenvalue weighted by Crippen LogP contribution is -2.44. The van der Waals surface area contributed by atoms with E-state index in [-0.39, 0.29) is 30.9 Å². The summed E-state index contributed by atoms with van der Waals surface area (Å²) in [7, 11) is 0. The van der Waals surface area contributed by atoms with Crippen LogP contribution in [0.1, 0.15) is 47.0 Å². The van der Waals surface area contributed by atoms with E-state index in [1.807, 2.05) is 27.7 Å². The molecule has 0 aromatic carbocycles. The topological polar surface area (TPSA) is 72.8 Å². The van der Waals surface area contributed by atoms with Gasteiger partial charge in [-0.2, -0.15) is 0 Å². The smallest absolute Gasteiger partial charge is 0.309 e. The van der Waals surface area contributed by atoms with Gasteiger partial charge in [0, 0.05) is 11.8 Å². The molecular formula is C16H26O5. The zero-order valence-corrected chi connectivity index (χ0v) is 13.3. The Morgan fingerprint density at radius 1 is 1.29 bits per heavy atom. The van der Waals surface area contributed by atoms with E-state index >= 15 is 0 Å². The fourth-order valence-corrected chi connectivity index (χ4v) is 3.67. The van der Waals surface area contributed by atoms with Crippen LogP contribution in [0.25, 0.3) is 0 Å². The van der Waals surface area contributed by atoms with Crippen LogP contribution >= 0.6 is 0 Å². The van der Waals surface area contributed by atoms with E-state index in [2.05, 4.69) is 0 Å². The highest BCUT2D eigenvalue weighted by atomic mass is 16.6. The summed E-state index contributed by atoms with van der Waals surface area (Å²) in [6.45, 7) is 8.21. The molecule has 0 radical (unpaired) electrons. The van der Waals surface area contributed by atoms with Gasteiger partial charge < -0.3 is 14.6 Å². The minimum atomic E-state index is -0.748. The number of carbonyl (C=O) groups excluding carboxylic acids is 2. The van der Waals surface area contributed by atoms with Gasteiger partial charge in [-0.3, -0.25) is 9.59 Å². The van der Waals surface area contributed by atoms with Crippen LogP contribution in [0.4, 0.5) is 0 Å². The first-order chi connectivity index (χ1) is 9.74. The van der Waals surface area contributed by atoms with E-state index in [9.17, 15) is 14.7 Å². The number of carbonyl (C=O) groups is 2. The molecule has 1 aliphatic heterocycles. The van der Waals surface area contributed by atoms with Crippen LogP contribution in [0.2, 0.25) is 0 Å². The fraction of sp³-hybridized carbons (Fsp3) is 0.875. The Kier molecular flexibility index (Phi) is 4.45. The number of ketones is 1. The van der Waals surface area contributed by atoms with Crippen molar-refractivity contribution in [2.75, 3.05) is 13.2 Å². The first-order valence-corrected chi connectivity index (χ1v) is 7.73. The van der Waals surface area contributed by atoms with Gasteiger partial charge in [0.25, 0.3) is 0 Å². The Bertz CT molecular complexity index is 430. The highest BCUT2D eigenvalue weighted by Crippen LogP contribution is 2.57. The second-order valence-electron chi connectivity index (χ2n) is 7.00. The van der Waals surface area contributed by atoms with Gasteiger partial charge in [0.1, 0.15) is 11.9 Å². The maximum absolute atomic E-state index is 12.5. The Morgan fingerprint density at radius 2 is 1.95 bits per heavy atom.